The second-order valence-electron chi connectivity index (χ2n) is 10.2. The molecule has 4 aromatic carbocycles. The third kappa shape index (κ3) is 6.67. The summed E-state index contributed by atoms with van der Waals surface area (Å²) in [6, 6.07) is 38.5. The van der Waals surface area contributed by atoms with Crippen molar-refractivity contribution < 1.29 is 0 Å². The van der Waals surface area contributed by atoms with Crippen LogP contribution in [0.3, 0.4) is 0 Å². The fourth-order valence-electron chi connectivity index (χ4n) is 5.20. The first-order valence-corrected chi connectivity index (χ1v) is 14.6. The molecule has 0 saturated heterocycles. The van der Waals surface area contributed by atoms with Crippen LogP contribution in [0.15, 0.2) is 114 Å². The normalized spacial score (nSPS) is 11.2. The van der Waals surface area contributed by atoms with E-state index in [-0.39, 0.29) is 0 Å². The number of imidazole rings is 1. The highest BCUT2D eigenvalue weighted by Crippen LogP contribution is 2.32. The Kier molecular flexibility index (Phi) is 9.38. The van der Waals surface area contributed by atoms with E-state index in [1.807, 2.05) is 7.05 Å². The van der Waals surface area contributed by atoms with Gasteiger partial charge in [-0.2, -0.15) is 0 Å². The number of anilines is 1. The molecule has 0 aliphatic rings. The molecular weight excluding hydrogens is 508 g/mol. The molecule has 204 valence electrons. The van der Waals surface area contributed by atoms with Gasteiger partial charge in [-0.15, -0.1) is 12.6 Å². The van der Waals surface area contributed by atoms with Crippen molar-refractivity contribution in [1.29, 1.82) is 0 Å². The van der Waals surface area contributed by atoms with Crippen LogP contribution < -0.4 is 5.32 Å². The Morgan fingerprint density at radius 3 is 2.00 bits per heavy atom. The fourth-order valence-corrected chi connectivity index (χ4v) is 5.56. The molecule has 5 aromatic rings. The molecule has 5 heteroatoms. The quantitative estimate of drug-likeness (QED) is 0.154. The van der Waals surface area contributed by atoms with E-state index in [4.69, 9.17) is 17.6 Å². The van der Waals surface area contributed by atoms with Crippen molar-refractivity contribution in [2.75, 3.05) is 12.4 Å². The van der Waals surface area contributed by atoms with Crippen molar-refractivity contribution in [2.24, 2.45) is 0 Å². The lowest BCUT2D eigenvalue weighted by molar-refractivity contribution is 0.241. The van der Waals surface area contributed by atoms with E-state index >= 15 is 0 Å². The Hall–Kier alpha value is -3.80. The molecule has 40 heavy (non-hydrogen) atoms. The Bertz CT molecular complexity index is 1500. The van der Waals surface area contributed by atoms with Crippen LogP contribution in [0.2, 0.25) is 0 Å². The number of hydrogen-bond acceptors (Lipinski definition) is 4. The molecule has 1 aromatic heterocycles. The number of thiol groups is 1. The average Bonchev–Trinajstić information content (AvgIpc) is 3.35. The standard InChI is InChI=1S/C35H38N4S/c1-3-4-22-39-32(34(29-16-10-6-11-17-29)37-35(39)30-18-12-7-13-19-30)26-38(24-27-14-8-5-9-15-27)25-28-20-21-31(36-2)33(40)23-28/h5-21,23,36,40H,3-4,22,24-26H2,1-2H3. The average molecular weight is 547 g/mol. The molecule has 0 saturated carbocycles. The summed E-state index contributed by atoms with van der Waals surface area (Å²) in [5.41, 5.74) is 8.20. The van der Waals surface area contributed by atoms with E-state index in [0.717, 1.165) is 72.2 Å². The van der Waals surface area contributed by atoms with E-state index in [1.165, 1.54) is 16.8 Å². The van der Waals surface area contributed by atoms with Crippen molar-refractivity contribution >= 4 is 18.3 Å². The molecule has 0 bridgehead atoms. The third-order valence-electron chi connectivity index (χ3n) is 7.25. The molecule has 0 fully saturated rings. The van der Waals surface area contributed by atoms with Crippen molar-refractivity contribution in [3.63, 3.8) is 0 Å². The molecular formula is C35H38N4S. The van der Waals surface area contributed by atoms with Crippen LogP contribution >= 0.6 is 12.6 Å². The number of unbranched alkanes of at least 4 members (excludes halogenated alkanes) is 1. The fraction of sp³-hybridized carbons (Fsp3) is 0.229. The first kappa shape index (κ1) is 27.8. The van der Waals surface area contributed by atoms with Gasteiger partial charge in [-0.1, -0.05) is 110 Å². The van der Waals surface area contributed by atoms with E-state index in [0.29, 0.717) is 0 Å². The summed E-state index contributed by atoms with van der Waals surface area (Å²) in [6.45, 7) is 5.61. The highest BCUT2D eigenvalue weighted by molar-refractivity contribution is 7.80. The topological polar surface area (TPSA) is 33.1 Å². The predicted octanol–water partition coefficient (Wildman–Crippen LogP) is 8.55. The third-order valence-corrected chi connectivity index (χ3v) is 7.62. The van der Waals surface area contributed by atoms with Crippen molar-refractivity contribution in [2.45, 2.75) is 50.8 Å². The zero-order valence-electron chi connectivity index (χ0n) is 23.4. The lowest BCUT2D eigenvalue weighted by Gasteiger charge is -2.25. The highest BCUT2D eigenvalue weighted by atomic mass is 32.1. The molecule has 0 atom stereocenters. The SMILES string of the molecule is CCCCn1c(-c2ccccc2)nc(-c2ccccc2)c1CN(Cc1ccccc1)Cc1ccc(NC)c(S)c1. The minimum atomic E-state index is 0.776. The predicted molar refractivity (Wildman–Crippen MR) is 171 cm³/mol. The Labute approximate surface area is 244 Å². The lowest BCUT2D eigenvalue weighted by Crippen LogP contribution is -2.24. The number of rotatable bonds is 12. The highest BCUT2D eigenvalue weighted by Gasteiger charge is 2.22. The second-order valence-corrected chi connectivity index (χ2v) is 10.7. The molecule has 1 N–H and O–H groups in total. The van der Waals surface area contributed by atoms with Crippen LogP contribution in [0.5, 0.6) is 0 Å². The van der Waals surface area contributed by atoms with E-state index in [9.17, 15) is 0 Å². The molecule has 0 amide bonds. The summed E-state index contributed by atoms with van der Waals surface area (Å²) >= 11 is 4.74. The number of hydrogen-bond donors (Lipinski definition) is 2. The van der Waals surface area contributed by atoms with Crippen molar-refractivity contribution in [3.8, 4) is 22.6 Å². The van der Waals surface area contributed by atoms with Crippen LogP contribution in [0.1, 0.15) is 36.6 Å². The van der Waals surface area contributed by atoms with Gasteiger partial charge in [0, 0.05) is 54.9 Å². The van der Waals surface area contributed by atoms with Crippen LogP contribution in [0.25, 0.3) is 22.6 Å². The zero-order chi connectivity index (χ0) is 27.7. The van der Waals surface area contributed by atoms with Gasteiger partial charge in [0.15, 0.2) is 0 Å². The molecule has 0 aliphatic heterocycles. The maximum absolute atomic E-state index is 5.32. The Morgan fingerprint density at radius 2 is 1.38 bits per heavy atom. The summed E-state index contributed by atoms with van der Waals surface area (Å²) < 4.78 is 2.47. The van der Waals surface area contributed by atoms with Gasteiger partial charge in [0.25, 0.3) is 0 Å². The van der Waals surface area contributed by atoms with Gasteiger partial charge in [0.05, 0.1) is 11.4 Å². The monoisotopic (exact) mass is 546 g/mol. The first-order valence-electron chi connectivity index (χ1n) is 14.1. The van der Waals surface area contributed by atoms with E-state index in [2.05, 4.69) is 131 Å². The number of benzene rings is 4. The largest absolute Gasteiger partial charge is 0.387 e. The van der Waals surface area contributed by atoms with Crippen LogP contribution in [0, 0.1) is 0 Å². The summed E-state index contributed by atoms with van der Waals surface area (Å²) in [6.07, 6.45) is 2.23. The van der Waals surface area contributed by atoms with Crippen molar-refractivity contribution in [1.82, 2.24) is 14.5 Å². The smallest absolute Gasteiger partial charge is 0.140 e. The van der Waals surface area contributed by atoms with E-state index < -0.39 is 0 Å². The molecule has 4 nitrogen and oxygen atoms in total. The zero-order valence-corrected chi connectivity index (χ0v) is 24.3. The van der Waals surface area contributed by atoms with Gasteiger partial charge < -0.3 is 9.88 Å². The molecule has 0 spiro atoms. The summed E-state index contributed by atoms with van der Waals surface area (Å²) in [4.78, 5) is 8.81. The van der Waals surface area contributed by atoms with Crippen LogP contribution in [0.4, 0.5) is 5.69 Å². The summed E-state index contributed by atoms with van der Waals surface area (Å²) in [7, 11) is 1.93. The van der Waals surface area contributed by atoms with Gasteiger partial charge in [-0.05, 0) is 29.7 Å². The first-order chi connectivity index (χ1) is 19.7. The van der Waals surface area contributed by atoms with Gasteiger partial charge in [-0.3, -0.25) is 4.90 Å². The van der Waals surface area contributed by atoms with Gasteiger partial charge >= 0.3 is 0 Å². The number of nitrogens with zero attached hydrogens (tertiary/aromatic N) is 3. The molecule has 0 radical (unpaired) electrons. The molecule has 0 aliphatic carbocycles. The summed E-state index contributed by atoms with van der Waals surface area (Å²) in [5.74, 6) is 1.04. The second kappa shape index (κ2) is 13.5. The number of aromatic nitrogens is 2. The number of nitrogens with one attached hydrogen (secondary N) is 1. The minimum absolute atomic E-state index is 0.776. The van der Waals surface area contributed by atoms with Crippen LogP contribution in [-0.4, -0.2) is 21.5 Å². The van der Waals surface area contributed by atoms with Gasteiger partial charge in [0.1, 0.15) is 5.82 Å². The molecule has 5 rings (SSSR count). The minimum Gasteiger partial charge on any atom is -0.387 e. The molecule has 0 unspecified atom stereocenters. The van der Waals surface area contributed by atoms with Gasteiger partial charge in [-0.25, -0.2) is 4.98 Å². The Balaban J connectivity index is 1.60. The van der Waals surface area contributed by atoms with Crippen molar-refractivity contribution in [3.05, 3.63) is 126 Å². The maximum Gasteiger partial charge on any atom is 0.140 e. The Morgan fingerprint density at radius 1 is 0.750 bits per heavy atom. The van der Waals surface area contributed by atoms with E-state index in [1.54, 1.807) is 0 Å². The summed E-state index contributed by atoms with van der Waals surface area (Å²) in [5, 5.41) is 3.22. The lowest BCUT2D eigenvalue weighted by atomic mass is 10.1. The van der Waals surface area contributed by atoms with Crippen LogP contribution in [-0.2, 0) is 26.2 Å². The molecule has 1 heterocycles. The maximum atomic E-state index is 5.32. The van der Waals surface area contributed by atoms with Gasteiger partial charge in [0.2, 0.25) is 0 Å².